The van der Waals surface area contributed by atoms with Crippen LogP contribution < -0.4 is 27.5 Å². The zero-order valence-corrected chi connectivity index (χ0v) is 20.6. The van der Waals surface area contributed by atoms with E-state index in [9.17, 15) is 22.4 Å². The highest BCUT2D eigenvalue weighted by atomic mass is 19.4. The number of pyridine rings is 2. The number of nitrogen functional groups attached to an aromatic ring is 1. The normalized spacial score (nSPS) is 12.0. The summed E-state index contributed by atoms with van der Waals surface area (Å²) in [6.45, 7) is 1.77. The molecule has 0 saturated heterocycles. The molecular weight excluding hydrogens is 514 g/mol. The molecule has 2 aromatic heterocycles. The van der Waals surface area contributed by atoms with Crippen molar-refractivity contribution in [3.05, 3.63) is 101 Å². The Morgan fingerprint density at radius 1 is 0.949 bits per heavy atom. The lowest BCUT2D eigenvalue weighted by atomic mass is 10.0. The summed E-state index contributed by atoms with van der Waals surface area (Å²) >= 11 is 0. The van der Waals surface area contributed by atoms with Crippen molar-refractivity contribution in [3.63, 3.8) is 0 Å². The van der Waals surface area contributed by atoms with Gasteiger partial charge in [0.1, 0.15) is 23.0 Å². The number of anilines is 3. The third-order valence-corrected chi connectivity index (χ3v) is 5.89. The smallest absolute Gasteiger partial charge is 0.383 e. The minimum atomic E-state index is -4.71. The highest BCUT2D eigenvalue weighted by Gasteiger charge is 2.33. The minimum absolute atomic E-state index is 0.0413. The molecule has 2 aromatic carbocycles. The molecule has 200 valence electrons. The van der Waals surface area contributed by atoms with Gasteiger partial charge in [-0.25, -0.2) is 14.4 Å². The predicted molar refractivity (Wildman–Crippen MR) is 140 cm³/mol. The Hall–Kier alpha value is -5.00. The van der Waals surface area contributed by atoms with E-state index in [1.807, 2.05) is 12.1 Å². The van der Waals surface area contributed by atoms with E-state index >= 15 is 0 Å². The third-order valence-electron chi connectivity index (χ3n) is 5.89. The van der Waals surface area contributed by atoms with Gasteiger partial charge in [0.25, 0.3) is 11.7 Å². The van der Waals surface area contributed by atoms with Gasteiger partial charge in [0.05, 0.1) is 11.1 Å². The maximum absolute atomic E-state index is 13.4. The molecule has 0 aliphatic carbocycles. The van der Waals surface area contributed by atoms with Gasteiger partial charge in [-0.1, -0.05) is 24.3 Å². The SMILES string of the molecule is CC(Nc1ncc(C(F)(F)F)cc1C(=O)Nc1ccc(F)cc1)c1ccc(-c2cnc(N)c(C(N)=[NH2+])c2)cc1. The van der Waals surface area contributed by atoms with Crippen LogP contribution in [0, 0.1) is 5.82 Å². The first kappa shape index (κ1) is 27.0. The van der Waals surface area contributed by atoms with Crippen LogP contribution in [-0.2, 0) is 6.18 Å². The third kappa shape index (κ3) is 6.29. The van der Waals surface area contributed by atoms with Crippen molar-refractivity contribution >= 4 is 29.1 Å². The molecule has 0 aliphatic heterocycles. The number of nitrogens with zero attached hydrogens (tertiary/aromatic N) is 2. The number of carbonyl (C=O) groups excluding carboxylic acids is 1. The van der Waals surface area contributed by atoms with E-state index in [1.165, 1.54) is 12.1 Å². The lowest BCUT2D eigenvalue weighted by molar-refractivity contribution is -0.137. The highest BCUT2D eigenvalue weighted by molar-refractivity contribution is 6.07. The van der Waals surface area contributed by atoms with Gasteiger partial charge in [-0.2, -0.15) is 13.2 Å². The van der Waals surface area contributed by atoms with Gasteiger partial charge in [-0.05, 0) is 54.4 Å². The number of alkyl halides is 3. The van der Waals surface area contributed by atoms with Gasteiger partial charge in [0.2, 0.25) is 0 Å². The number of nitrogens with one attached hydrogen (secondary N) is 2. The number of hydrogen-bond acceptors (Lipinski definition) is 5. The summed E-state index contributed by atoms with van der Waals surface area (Å²) < 4.78 is 53.3. The van der Waals surface area contributed by atoms with E-state index in [4.69, 9.17) is 16.9 Å². The summed E-state index contributed by atoms with van der Waals surface area (Å²) in [4.78, 5) is 20.9. The number of nitrogens with two attached hydrogens (primary N) is 3. The van der Waals surface area contributed by atoms with E-state index in [-0.39, 0.29) is 28.7 Å². The molecule has 8 N–H and O–H groups in total. The molecule has 39 heavy (non-hydrogen) atoms. The summed E-state index contributed by atoms with van der Waals surface area (Å²) in [5, 5.41) is 11.1. The Balaban J connectivity index is 1.59. The summed E-state index contributed by atoms with van der Waals surface area (Å²) in [5.41, 5.74) is 13.0. The van der Waals surface area contributed by atoms with Crippen LogP contribution in [0.1, 0.15) is 40.0 Å². The molecule has 1 amide bonds. The van der Waals surface area contributed by atoms with E-state index in [0.717, 1.165) is 34.9 Å². The molecule has 0 aliphatic rings. The lowest BCUT2D eigenvalue weighted by Gasteiger charge is -2.19. The fraction of sp³-hybridized carbons (Fsp3) is 0.111. The van der Waals surface area contributed by atoms with Crippen LogP contribution in [0.5, 0.6) is 0 Å². The average Bonchev–Trinajstić information content (AvgIpc) is 2.89. The highest BCUT2D eigenvalue weighted by Crippen LogP contribution is 2.32. The lowest BCUT2D eigenvalue weighted by Crippen LogP contribution is -2.46. The molecular formula is C27H24F4N7O+. The Morgan fingerprint density at radius 3 is 2.23 bits per heavy atom. The molecule has 8 nitrogen and oxygen atoms in total. The van der Waals surface area contributed by atoms with Gasteiger partial charge in [-0.3, -0.25) is 15.9 Å². The van der Waals surface area contributed by atoms with Crippen LogP contribution in [0.4, 0.5) is 34.9 Å². The summed E-state index contributed by atoms with van der Waals surface area (Å²) in [5.74, 6) is -1.17. The molecule has 12 heteroatoms. The number of aromatic nitrogens is 2. The van der Waals surface area contributed by atoms with Crippen molar-refractivity contribution < 1.29 is 27.8 Å². The number of rotatable bonds is 7. The monoisotopic (exact) mass is 538 g/mol. The Kier molecular flexibility index (Phi) is 7.47. The van der Waals surface area contributed by atoms with Gasteiger partial charge in [0.15, 0.2) is 0 Å². The Morgan fingerprint density at radius 2 is 1.62 bits per heavy atom. The molecule has 0 radical (unpaired) electrons. The van der Waals surface area contributed by atoms with Crippen LogP contribution in [0.3, 0.4) is 0 Å². The first-order chi connectivity index (χ1) is 18.4. The van der Waals surface area contributed by atoms with E-state index in [0.29, 0.717) is 11.8 Å². The summed E-state index contributed by atoms with van der Waals surface area (Å²) in [6, 6.07) is 14.1. The van der Waals surface area contributed by atoms with Crippen molar-refractivity contribution in [2.24, 2.45) is 5.73 Å². The second kappa shape index (κ2) is 10.8. The van der Waals surface area contributed by atoms with E-state index in [1.54, 1.807) is 31.3 Å². The van der Waals surface area contributed by atoms with Gasteiger partial charge < -0.3 is 16.4 Å². The molecule has 0 bridgehead atoms. The van der Waals surface area contributed by atoms with Crippen molar-refractivity contribution in [1.29, 1.82) is 0 Å². The van der Waals surface area contributed by atoms with Crippen LogP contribution in [0.15, 0.2) is 73.1 Å². The number of benzene rings is 2. The van der Waals surface area contributed by atoms with Gasteiger partial charge in [0, 0.05) is 29.7 Å². The molecule has 0 fully saturated rings. The maximum atomic E-state index is 13.4. The summed E-state index contributed by atoms with van der Waals surface area (Å²) in [7, 11) is 0. The summed E-state index contributed by atoms with van der Waals surface area (Å²) in [6.07, 6.45) is -2.48. The van der Waals surface area contributed by atoms with Crippen LogP contribution in [-0.4, -0.2) is 21.7 Å². The topological polar surface area (TPSA) is 145 Å². The molecule has 1 atom stereocenters. The average molecular weight is 539 g/mol. The number of hydrogen-bond donors (Lipinski definition) is 5. The van der Waals surface area contributed by atoms with E-state index in [2.05, 4.69) is 20.6 Å². The number of amides is 1. The van der Waals surface area contributed by atoms with Crippen molar-refractivity contribution in [3.8, 4) is 11.1 Å². The van der Waals surface area contributed by atoms with Crippen LogP contribution in [0.25, 0.3) is 11.1 Å². The van der Waals surface area contributed by atoms with Crippen molar-refractivity contribution in [2.75, 3.05) is 16.4 Å². The predicted octanol–water partition coefficient (Wildman–Crippen LogP) is 3.77. The molecule has 0 spiro atoms. The number of carbonyl (C=O) groups is 1. The fourth-order valence-electron chi connectivity index (χ4n) is 3.76. The Bertz CT molecular complexity index is 1520. The van der Waals surface area contributed by atoms with Crippen LogP contribution in [0.2, 0.25) is 0 Å². The van der Waals surface area contributed by atoms with Crippen molar-refractivity contribution in [2.45, 2.75) is 19.1 Å². The minimum Gasteiger partial charge on any atom is -0.383 e. The molecule has 4 rings (SSSR count). The second-order valence-corrected chi connectivity index (χ2v) is 8.68. The molecule has 1 unspecified atom stereocenters. The number of halogens is 4. The molecule has 0 saturated carbocycles. The molecule has 2 heterocycles. The van der Waals surface area contributed by atoms with Crippen LogP contribution >= 0.6 is 0 Å². The largest absolute Gasteiger partial charge is 0.417 e. The second-order valence-electron chi connectivity index (χ2n) is 8.68. The zero-order valence-electron chi connectivity index (χ0n) is 20.6. The Labute approximate surface area is 220 Å². The first-order valence-electron chi connectivity index (χ1n) is 11.6. The van der Waals surface area contributed by atoms with Crippen molar-refractivity contribution in [1.82, 2.24) is 9.97 Å². The number of amidine groups is 1. The quantitative estimate of drug-likeness (QED) is 0.138. The zero-order chi connectivity index (χ0) is 28.3. The first-order valence-corrected chi connectivity index (χ1v) is 11.6. The fourth-order valence-corrected chi connectivity index (χ4v) is 3.76. The standard InChI is InChI=1S/C27H23F4N7O/c1-14(15-2-4-16(5-3-15)17-10-21(23(32)33)24(34)35-12-17)37-25-22(11-18(13-36-25)27(29,30)31)26(39)38-20-8-6-19(28)7-9-20/h2-14H,1H3,(H3,32,33)(H2,34,35)(H,36,37)(H,38,39)/p+1. The molecule has 4 aromatic rings. The van der Waals surface area contributed by atoms with E-state index < -0.39 is 29.5 Å². The van der Waals surface area contributed by atoms with Gasteiger partial charge in [-0.15, -0.1) is 0 Å². The maximum Gasteiger partial charge on any atom is 0.417 e. The van der Waals surface area contributed by atoms with Gasteiger partial charge >= 0.3 is 6.18 Å².